The quantitative estimate of drug-likeness (QED) is 0.566. The van der Waals surface area contributed by atoms with Crippen molar-refractivity contribution in [1.29, 1.82) is 0 Å². The van der Waals surface area contributed by atoms with Gasteiger partial charge in [-0.3, -0.25) is 9.78 Å². The van der Waals surface area contributed by atoms with E-state index in [9.17, 15) is 9.90 Å². The molecule has 5 nitrogen and oxygen atoms in total. The third kappa shape index (κ3) is 3.42. The van der Waals surface area contributed by atoms with Crippen LogP contribution >= 0.6 is 0 Å². The number of benzene rings is 3. The maximum atomic E-state index is 12.9. The highest BCUT2D eigenvalue weighted by Crippen LogP contribution is 2.35. The SMILES string of the molecule is Cc1cnc(C(=O)N[C@H](c2ccccc2)c2c(O)ccc3ccccc23)cn1. The number of hydrogen-bond donors (Lipinski definition) is 2. The lowest BCUT2D eigenvalue weighted by Gasteiger charge is -2.22. The van der Waals surface area contributed by atoms with Gasteiger partial charge in [0.05, 0.1) is 17.9 Å². The van der Waals surface area contributed by atoms with Gasteiger partial charge in [0.1, 0.15) is 11.4 Å². The molecule has 0 aliphatic rings. The molecule has 1 atom stereocenters. The van der Waals surface area contributed by atoms with Gasteiger partial charge in [-0.2, -0.15) is 0 Å². The summed E-state index contributed by atoms with van der Waals surface area (Å²) in [6.45, 7) is 1.82. The average Bonchev–Trinajstić information content (AvgIpc) is 2.73. The summed E-state index contributed by atoms with van der Waals surface area (Å²) in [7, 11) is 0. The van der Waals surface area contributed by atoms with E-state index >= 15 is 0 Å². The van der Waals surface area contributed by atoms with Gasteiger partial charge in [-0.1, -0.05) is 60.7 Å². The van der Waals surface area contributed by atoms with E-state index in [1.54, 1.807) is 12.3 Å². The zero-order chi connectivity index (χ0) is 19.5. The summed E-state index contributed by atoms with van der Waals surface area (Å²) in [4.78, 5) is 21.2. The van der Waals surface area contributed by atoms with Gasteiger partial charge in [-0.05, 0) is 29.3 Å². The lowest BCUT2D eigenvalue weighted by Crippen LogP contribution is -2.30. The van der Waals surface area contributed by atoms with E-state index in [1.807, 2.05) is 67.6 Å². The molecule has 0 radical (unpaired) electrons. The highest BCUT2D eigenvalue weighted by molar-refractivity contribution is 5.94. The van der Waals surface area contributed by atoms with E-state index in [1.165, 1.54) is 6.20 Å². The van der Waals surface area contributed by atoms with E-state index in [4.69, 9.17) is 0 Å². The van der Waals surface area contributed by atoms with Crippen LogP contribution in [0.3, 0.4) is 0 Å². The zero-order valence-corrected chi connectivity index (χ0v) is 15.3. The van der Waals surface area contributed by atoms with Crippen LogP contribution in [0.2, 0.25) is 0 Å². The van der Waals surface area contributed by atoms with Crippen LogP contribution in [0.25, 0.3) is 10.8 Å². The minimum absolute atomic E-state index is 0.128. The molecule has 0 saturated heterocycles. The predicted molar refractivity (Wildman–Crippen MR) is 108 cm³/mol. The number of nitrogens with one attached hydrogen (secondary N) is 1. The number of nitrogens with zero attached hydrogens (tertiary/aromatic N) is 2. The molecule has 0 spiro atoms. The van der Waals surface area contributed by atoms with Gasteiger partial charge in [-0.25, -0.2) is 4.98 Å². The second-order valence-electron chi connectivity index (χ2n) is 6.58. The van der Waals surface area contributed by atoms with Crippen molar-refractivity contribution in [3.05, 3.63) is 102 Å². The molecule has 5 heteroatoms. The first-order chi connectivity index (χ1) is 13.6. The van der Waals surface area contributed by atoms with Crippen molar-refractivity contribution >= 4 is 16.7 Å². The standard InChI is InChI=1S/C23H19N3O2/c1-15-13-25-19(14-24-15)23(28)26-22(17-8-3-2-4-9-17)21-18-10-6-5-7-16(18)11-12-20(21)27/h2-14,22,27H,1H3,(H,26,28)/t22-/m1/s1. The van der Waals surface area contributed by atoms with Crippen molar-refractivity contribution in [2.24, 2.45) is 0 Å². The summed E-state index contributed by atoms with van der Waals surface area (Å²) in [5, 5.41) is 15.6. The van der Waals surface area contributed by atoms with E-state index in [2.05, 4.69) is 15.3 Å². The topological polar surface area (TPSA) is 75.1 Å². The van der Waals surface area contributed by atoms with Crippen molar-refractivity contribution in [3.8, 4) is 5.75 Å². The second kappa shape index (κ2) is 7.48. The largest absolute Gasteiger partial charge is 0.508 e. The molecule has 138 valence electrons. The van der Waals surface area contributed by atoms with Crippen molar-refractivity contribution < 1.29 is 9.90 Å². The maximum absolute atomic E-state index is 12.9. The number of rotatable bonds is 4. The number of phenolic OH excluding ortho intramolecular Hbond substituents is 1. The number of amides is 1. The summed E-state index contributed by atoms with van der Waals surface area (Å²) >= 11 is 0. The van der Waals surface area contributed by atoms with Crippen molar-refractivity contribution in [2.75, 3.05) is 0 Å². The molecule has 0 saturated carbocycles. The second-order valence-corrected chi connectivity index (χ2v) is 6.58. The Balaban J connectivity index is 1.83. The number of carbonyl (C=O) groups is 1. The number of fused-ring (bicyclic) bond motifs is 1. The fourth-order valence-electron chi connectivity index (χ4n) is 3.27. The van der Waals surface area contributed by atoms with Crippen molar-refractivity contribution in [1.82, 2.24) is 15.3 Å². The van der Waals surface area contributed by atoms with Crippen LogP contribution in [0.5, 0.6) is 5.75 Å². The zero-order valence-electron chi connectivity index (χ0n) is 15.3. The number of hydrogen-bond acceptors (Lipinski definition) is 4. The monoisotopic (exact) mass is 369 g/mol. The van der Waals surface area contributed by atoms with Gasteiger partial charge >= 0.3 is 0 Å². The lowest BCUT2D eigenvalue weighted by molar-refractivity contribution is 0.0937. The first-order valence-corrected chi connectivity index (χ1v) is 8.98. The van der Waals surface area contributed by atoms with Crippen LogP contribution in [0, 0.1) is 6.92 Å². The molecule has 0 unspecified atom stereocenters. The number of carbonyl (C=O) groups excluding carboxylic acids is 1. The number of aromatic hydroxyl groups is 1. The van der Waals surface area contributed by atoms with E-state index in [0.29, 0.717) is 5.56 Å². The fourth-order valence-corrected chi connectivity index (χ4v) is 3.27. The molecule has 1 amide bonds. The first-order valence-electron chi connectivity index (χ1n) is 8.98. The highest BCUT2D eigenvalue weighted by atomic mass is 16.3. The van der Waals surface area contributed by atoms with Crippen LogP contribution in [0.4, 0.5) is 0 Å². The van der Waals surface area contributed by atoms with E-state index in [-0.39, 0.29) is 17.4 Å². The molecular formula is C23H19N3O2. The van der Waals surface area contributed by atoms with Crippen LogP contribution in [0.15, 0.2) is 79.1 Å². The Morgan fingerprint density at radius 1 is 0.929 bits per heavy atom. The predicted octanol–water partition coefficient (Wildman–Crippen LogP) is 4.16. The maximum Gasteiger partial charge on any atom is 0.272 e. The molecular weight excluding hydrogens is 350 g/mol. The minimum Gasteiger partial charge on any atom is -0.508 e. The summed E-state index contributed by atoms with van der Waals surface area (Å²) < 4.78 is 0. The van der Waals surface area contributed by atoms with Crippen LogP contribution in [-0.4, -0.2) is 21.0 Å². The first kappa shape index (κ1) is 17.7. The number of aryl methyl sites for hydroxylation is 1. The summed E-state index contributed by atoms with van der Waals surface area (Å²) in [5.74, 6) is -0.225. The van der Waals surface area contributed by atoms with Crippen LogP contribution in [0.1, 0.15) is 33.4 Å². The van der Waals surface area contributed by atoms with Crippen molar-refractivity contribution in [2.45, 2.75) is 13.0 Å². The number of aromatic nitrogens is 2. The molecule has 2 N–H and O–H groups in total. The summed E-state index contributed by atoms with van der Waals surface area (Å²) in [6.07, 6.45) is 3.01. The molecule has 0 bridgehead atoms. The third-order valence-corrected chi connectivity index (χ3v) is 4.66. The van der Waals surface area contributed by atoms with Gasteiger partial charge in [-0.15, -0.1) is 0 Å². The third-order valence-electron chi connectivity index (χ3n) is 4.66. The van der Waals surface area contributed by atoms with E-state index in [0.717, 1.165) is 22.0 Å². The van der Waals surface area contributed by atoms with Crippen molar-refractivity contribution in [3.63, 3.8) is 0 Å². The smallest absolute Gasteiger partial charge is 0.272 e. The Morgan fingerprint density at radius 3 is 2.43 bits per heavy atom. The Bertz CT molecular complexity index is 1130. The minimum atomic E-state index is -0.539. The molecule has 4 aromatic rings. The van der Waals surface area contributed by atoms with E-state index < -0.39 is 6.04 Å². The van der Waals surface area contributed by atoms with Gasteiger partial charge in [0.2, 0.25) is 0 Å². The molecule has 28 heavy (non-hydrogen) atoms. The summed E-state index contributed by atoms with van der Waals surface area (Å²) in [6, 6.07) is 20.3. The lowest BCUT2D eigenvalue weighted by atomic mass is 9.92. The number of phenols is 1. The Hall–Kier alpha value is -3.73. The molecule has 0 aliphatic carbocycles. The Kier molecular flexibility index (Phi) is 4.72. The molecule has 0 fully saturated rings. The highest BCUT2D eigenvalue weighted by Gasteiger charge is 2.23. The van der Waals surface area contributed by atoms with Gasteiger partial charge in [0.25, 0.3) is 5.91 Å². The van der Waals surface area contributed by atoms with Gasteiger partial charge in [0.15, 0.2) is 0 Å². The van der Waals surface area contributed by atoms with Crippen LogP contribution in [-0.2, 0) is 0 Å². The average molecular weight is 369 g/mol. The molecule has 3 aromatic carbocycles. The normalized spacial score (nSPS) is 11.9. The molecule has 1 heterocycles. The summed E-state index contributed by atoms with van der Waals surface area (Å²) in [5.41, 5.74) is 2.48. The molecule has 4 rings (SSSR count). The Morgan fingerprint density at radius 2 is 1.68 bits per heavy atom. The Labute approximate surface area is 162 Å². The molecule has 1 aromatic heterocycles. The fraction of sp³-hybridized carbons (Fsp3) is 0.0870. The van der Waals surface area contributed by atoms with Gasteiger partial charge < -0.3 is 10.4 Å². The van der Waals surface area contributed by atoms with Gasteiger partial charge in [0, 0.05) is 11.8 Å². The molecule has 0 aliphatic heterocycles. The van der Waals surface area contributed by atoms with Crippen LogP contribution < -0.4 is 5.32 Å².